The molecule has 14 heavy (non-hydrogen) atoms. The van der Waals surface area contributed by atoms with Crippen LogP contribution < -0.4 is 0 Å². The molecule has 0 N–H and O–H groups in total. The Morgan fingerprint density at radius 3 is 3.00 bits per heavy atom. The highest BCUT2D eigenvalue weighted by atomic mass is 79.9. The minimum Gasteiger partial charge on any atom is -0.380 e. The van der Waals surface area contributed by atoms with Crippen molar-refractivity contribution in [3.05, 3.63) is 34.3 Å². The zero-order valence-electron chi connectivity index (χ0n) is 7.70. The summed E-state index contributed by atoms with van der Waals surface area (Å²) in [5, 5.41) is 0. The Morgan fingerprint density at radius 1 is 1.43 bits per heavy atom. The van der Waals surface area contributed by atoms with Crippen molar-refractivity contribution in [2.45, 2.75) is 12.3 Å². The van der Waals surface area contributed by atoms with Crippen molar-refractivity contribution < 1.29 is 9.53 Å². The van der Waals surface area contributed by atoms with Crippen LogP contribution in [0.2, 0.25) is 0 Å². The summed E-state index contributed by atoms with van der Waals surface area (Å²) in [7, 11) is 0. The Kier molecular flexibility index (Phi) is 2.99. The Morgan fingerprint density at radius 2 is 2.29 bits per heavy atom. The zero-order valence-corrected chi connectivity index (χ0v) is 9.29. The molecule has 2 rings (SSSR count). The third-order valence-electron chi connectivity index (χ3n) is 2.42. The number of benzene rings is 1. The molecule has 1 unspecified atom stereocenters. The summed E-state index contributed by atoms with van der Waals surface area (Å²) < 4.78 is 6.32. The molecule has 0 radical (unpaired) electrons. The van der Waals surface area contributed by atoms with Crippen molar-refractivity contribution >= 4 is 21.7 Å². The third-order valence-corrected chi connectivity index (χ3v) is 2.91. The van der Waals surface area contributed by atoms with Gasteiger partial charge in [-0.2, -0.15) is 0 Å². The lowest BCUT2D eigenvalue weighted by atomic mass is 9.92. The van der Waals surface area contributed by atoms with Crippen LogP contribution in [0, 0.1) is 0 Å². The van der Waals surface area contributed by atoms with Crippen LogP contribution >= 0.6 is 15.9 Å². The van der Waals surface area contributed by atoms with Gasteiger partial charge >= 0.3 is 0 Å². The van der Waals surface area contributed by atoms with Crippen LogP contribution in [0.25, 0.3) is 0 Å². The van der Waals surface area contributed by atoms with Crippen molar-refractivity contribution in [3.8, 4) is 0 Å². The molecule has 1 aromatic carbocycles. The average molecular weight is 255 g/mol. The van der Waals surface area contributed by atoms with Gasteiger partial charge in [0.1, 0.15) is 5.78 Å². The first-order valence-electron chi connectivity index (χ1n) is 4.63. The van der Waals surface area contributed by atoms with Crippen LogP contribution in [-0.2, 0) is 9.53 Å². The van der Waals surface area contributed by atoms with E-state index in [2.05, 4.69) is 15.9 Å². The molecule has 0 aromatic heterocycles. The van der Waals surface area contributed by atoms with Gasteiger partial charge in [-0.1, -0.05) is 28.1 Å². The molecule has 0 amide bonds. The highest BCUT2D eigenvalue weighted by Crippen LogP contribution is 2.24. The van der Waals surface area contributed by atoms with E-state index >= 15 is 0 Å². The maximum absolute atomic E-state index is 11.6. The lowest BCUT2D eigenvalue weighted by Gasteiger charge is -2.21. The molecule has 1 atom stereocenters. The summed E-state index contributed by atoms with van der Waals surface area (Å²) in [6.45, 7) is 1.10. The first kappa shape index (κ1) is 9.87. The van der Waals surface area contributed by atoms with Gasteiger partial charge in [0, 0.05) is 10.9 Å². The summed E-state index contributed by atoms with van der Waals surface area (Å²) in [5.74, 6) is 0.218. The lowest BCUT2D eigenvalue weighted by Crippen LogP contribution is -2.25. The van der Waals surface area contributed by atoms with E-state index in [4.69, 9.17) is 4.74 Å². The number of ketones is 1. The molecular formula is C11H11BrO2. The van der Waals surface area contributed by atoms with Gasteiger partial charge in [-0.3, -0.25) is 4.79 Å². The minimum absolute atomic E-state index is 0.0683. The normalized spacial score (nSPS) is 22.4. The largest absolute Gasteiger partial charge is 0.380 e. The van der Waals surface area contributed by atoms with Gasteiger partial charge in [-0.05, 0) is 17.7 Å². The van der Waals surface area contributed by atoms with Gasteiger partial charge in [0.05, 0.1) is 19.1 Å². The number of hydrogen-bond donors (Lipinski definition) is 0. The fraction of sp³-hybridized carbons (Fsp3) is 0.364. The van der Waals surface area contributed by atoms with Gasteiger partial charge in [0.2, 0.25) is 0 Å². The number of halogens is 1. The molecule has 1 saturated heterocycles. The van der Waals surface area contributed by atoms with E-state index in [0.717, 1.165) is 10.0 Å². The fourth-order valence-electron chi connectivity index (χ4n) is 1.65. The highest BCUT2D eigenvalue weighted by molar-refractivity contribution is 9.10. The molecule has 1 aromatic rings. The SMILES string of the molecule is O=C1CCOCC1c1cccc(Br)c1. The van der Waals surface area contributed by atoms with Crippen molar-refractivity contribution in [2.24, 2.45) is 0 Å². The van der Waals surface area contributed by atoms with E-state index in [1.165, 1.54) is 0 Å². The third kappa shape index (κ3) is 2.04. The van der Waals surface area contributed by atoms with Gasteiger partial charge < -0.3 is 4.74 Å². The van der Waals surface area contributed by atoms with Gasteiger partial charge in [-0.25, -0.2) is 0 Å². The quantitative estimate of drug-likeness (QED) is 0.770. The van der Waals surface area contributed by atoms with E-state index in [9.17, 15) is 4.79 Å². The molecular weight excluding hydrogens is 244 g/mol. The van der Waals surface area contributed by atoms with E-state index in [0.29, 0.717) is 19.6 Å². The molecule has 0 aliphatic carbocycles. The number of ether oxygens (including phenoxy) is 1. The summed E-state index contributed by atoms with van der Waals surface area (Å²) in [6.07, 6.45) is 0.539. The molecule has 1 aliphatic rings. The summed E-state index contributed by atoms with van der Waals surface area (Å²) in [6, 6.07) is 7.86. The second-order valence-corrected chi connectivity index (χ2v) is 4.31. The molecule has 1 aliphatic heterocycles. The zero-order chi connectivity index (χ0) is 9.97. The Balaban J connectivity index is 2.24. The summed E-state index contributed by atoms with van der Waals surface area (Å²) >= 11 is 3.40. The number of rotatable bonds is 1. The number of carbonyl (C=O) groups excluding carboxylic acids is 1. The molecule has 1 heterocycles. The lowest BCUT2D eigenvalue weighted by molar-refractivity contribution is -0.126. The molecule has 1 fully saturated rings. The molecule has 0 saturated carbocycles. The molecule has 2 nitrogen and oxygen atoms in total. The predicted molar refractivity (Wildman–Crippen MR) is 57.3 cm³/mol. The van der Waals surface area contributed by atoms with E-state index < -0.39 is 0 Å². The van der Waals surface area contributed by atoms with Crippen molar-refractivity contribution in [3.63, 3.8) is 0 Å². The topological polar surface area (TPSA) is 26.3 Å². The van der Waals surface area contributed by atoms with Crippen LogP contribution in [0.4, 0.5) is 0 Å². The fourth-order valence-corrected chi connectivity index (χ4v) is 2.06. The van der Waals surface area contributed by atoms with Gasteiger partial charge in [-0.15, -0.1) is 0 Å². The van der Waals surface area contributed by atoms with E-state index in [1.807, 2.05) is 24.3 Å². The van der Waals surface area contributed by atoms with Crippen LogP contribution in [0.15, 0.2) is 28.7 Å². The van der Waals surface area contributed by atoms with E-state index in [-0.39, 0.29) is 11.7 Å². The van der Waals surface area contributed by atoms with Crippen LogP contribution in [0.3, 0.4) is 0 Å². The second-order valence-electron chi connectivity index (χ2n) is 3.40. The Hall–Kier alpha value is -0.670. The van der Waals surface area contributed by atoms with Crippen LogP contribution in [0.1, 0.15) is 17.9 Å². The predicted octanol–water partition coefficient (Wildman–Crippen LogP) is 2.52. The molecule has 0 bridgehead atoms. The molecule has 3 heteroatoms. The molecule has 0 spiro atoms. The number of carbonyl (C=O) groups is 1. The van der Waals surface area contributed by atoms with Crippen molar-refractivity contribution in [1.82, 2.24) is 0 Å². The first-order valence-corrected chi connectivity index (χ1v) is 5.42. The van der Waals surface area contributed by atoms with Crippen molar-refractivity contribution in [2.75, 3.05) is 13.2 Å². The van der Waals surface area contributed by atoms with E-state index in [1.54, 1.807) is 0 Å². The highest BCUT2D eigenvalue weighted by Gasteiger charge is 2.24. The molecule has 74 valence electrons. The number of Topliss-reactive ketones (excluding diaryl/α,β-unsaturated/α-hetero) is 1. The minimum atomic E-state index is -0.0683. The summed E-state index contributed by atoms with van der Waals surface area (Å²) in [4.78, 5) is 11.6. The Bertz CT molecular complexity index is 349. The number of hydrogen-bond acceptors (Lipinski definition) is 2. The van der Waals surface area contributed by atoms with Gasteiger partial charge in [0.25, 0.3) is 0 Å². The first-order chi connectivity index (χ1) is 6.77. The standard InChI is InChI=1S/C11H11BrO2/c12-9-3-1-2-8(6-9)10-7-14-5-4-11(10)13/h1-3,6,10H,4-5,7H2. The van der Waals surface area contributed by atoms with Gasteiger partial charge in [0.15, 0.2) is 0 Å². The maximum atomic E-state index is 11.6. The average Bonchev–Trinajstić information content (AvgIpc) is 2.18. The van der Waals surface area contributed by atoms with Crippen molar-refractivity contribution in [1.29, 1.82) is 0 Å². The van der Waals surface area contributed by atoms with Crippen LogP contribution in [-0.4, -0.2) is 19.0 Å². The maximum Gasteiger partial charge on any atom is 0.144 e. The monoisotopic (exact) mass is 254 g/mol. The smallest absolute Gasteiger partial charge is 0.144 e. The Labute approximate surface area is 91.4 Å². The summed E-state index contributed by atoms with van der Waals surface area (Å²) in [5.41, 5.74) is 1.05. The second kappa shape index (κ2) is 4.24. The van der Waals surface area contributed by atoms with Crippen LogP contribution in [0.5, 0.6) is 0 Å².